The maximum absolute atomic E-state index is 5.77. The third-order valence-electron chi connectivity index (χ3n) is 5.35. The van der Waals surface area contributed by atoms with E-state index >= 15 is 0 Å². The zero-order valence-corrected chi connectivity index (χ0v) is 20.5. The Labute approximate surface area is 193 Å². The zero-order chi connectivity index (χ0) is 20.1. The zero-order valence-electron chi connectivity index (χ0n) is 18.2. The highest BCUT2D eigenvalue weighted by molar-refractivity contribution is 14.0. The average molecular weight is 519 g/mol. The van der Waals surface area contributed by atoms with E-state index in [9.17, 15) is 0 Å². The number of aliphatic imine (C=N–C) groups is 1. The molecule has 2 N–H and O–H groups in total. The molecule has 0 aliphatic heterocycles. The summed E-state index contributed by atoms with van der Waals surface area (Å²) in [5.74, 6) is 1.77. The van der Waals surface area contributed by atoms with Gasteiger partial charge in [0.15, 0.2) is 5.96 Å². The minimum Gasteiger partial charge on any atom is -0.497 e. The number of halogens is 1. The van der Waals surface area contributed by atoms with E-state index in [4.69, 9.17) is 19.2 Å². The highest BCUT2D eigenvalue weighted by Gasteiger charge is 2.36. The van der Waals surface area contributed by atoms with Crippen LogP contribution in [0, 0.1) is 5.41 Å². The van der Waals surface area contributed by atoms with Gasteiger partial charge in [-0.1, -0.05) is 18.6 Å². The number of benzene rings is 1. The quantitative estimate of drug-likeness (QED) is 0.179. The van der Waals surface area contributed by atoms with Crippen molar-refractivity contribution in [2.24, 2.45) is 10.4 Å². The van der Waals surface area contributed by atoms with Gasteiger partial charge in [0.2, 0.25) is 0 Å². The number of nitrogens with one attached hydrogen (secondary N) is 2. The molecule has 1 fully saturated rings. The number of hydrogen-bond donors (Lipinski definition) is 2. The first-order chi connectivity index (χ1) is 13.7. The van der Waals surface area contributed by atoms with Crippen molar-refractivity contribution in [2.45, 2.75) is 45.6 Å². The van der Waals surface area contributed by atoms with Crippen molar-refractivity contribution in [2.75, 3.05) is 47.1 Å². The van der Waals surface area contributed by atoms with Crippen LogP contribution in [0.15, 0.2) is 29.3 Å². The molecule has 0 atom stereocenters. The number of guanidine groups is 1. The third kappa shape index (κ3) is 9.53. The number of ether oxygens (including phenoxy) is 3. The number of rotatable bonds is 13. The van der Waals surface area contributed by atoms with E-state index in [1.807, 2.05) is 24.3 Å². The molecule has 2 rings (SSSR count). The molecule has 1 aromatic rings. The fourth-order valence-electron chi connectivity index (χ4n) is 3.36. The van der Waals surface area contributed by atoms with E-state index in [0.717, 1.165) is 63.0 Å². The molecule has 0 bridgehead atoms. The molecule has 0 radical (unpaired) electrons. The maximum Gasteiger partial charge on any atom is 0.191 e. The van der Waals surface area contributed by atoms with Crippen LogP contribution in [0.5, 0.6) is 5.75 Å². The Kier molecular flexibility index (Phi) is 13.3. The van der Waals surface area contributed by atoms with E-state index in [-0.39, 0.29) is 24.0 Å². The van der Waals surface area contributed by atoms with Crippen molar-refractivity contribution >= 4 is 29.9 Å². The first-order valence-electron chi connectivity index (χ1n) is 10.4. The molecule has 0 amide bonds. The highest BCUT2D eigenvalue weighted by Crippen LogP contribution is 2.44. The summed E-state index contributed by atoms with van der Waals surface area (Å²) in [4.78, 5) is 4.83. The van der Waals surface area contributed by atoms with Gasteiger partial charge in [-0.15, -0.1) is 24.0 Å². The molecular weight excluding hydrogens is 481 g/mol. The summed E-state index contributed by atoms with van der Waals surface area (Å²) >= 11 is 0. The first kappa shape index (κ1) is 26.0. The van der Waals surface area contributed by atoms with E-state index in [0.29, 0.717) is 12.0 Å². The van der Waals surface area contributed by atoms with Gasteiger partial charge in [0.25, 0.3) is 0 Å². The molecular formula is C22H38IN3O3. The van der Waals surface area contributed by atoms with Crippen molar-refractivity contribution in [1.29, 1.82) is 0 Å². The lowest BCUT2D eigenvalue weighted by atomic mass is 9.67. The Morgan fingerprint density at radius 3 is 2.45 bits per heavy atom. The summed E-state index contributed by atoms with van der Waals surface area (Å²) in [5.41, 5.74) is 1.50. The molecule has 0 aromatic heterocycles. The number of hydrogen-bond acceptors (Lipinski definition) is 4. The van der Waals surface area contributed by atoms with Crippen LogP contribution in [-0.2, 0) is 16.1 Å². The second-order valence-electron chi connectivity index (χ2n) is 7.47. The van der Waals surface area contributed by atoms with Gasteiger partial charge in [-0.2, -0.15) is 0 Å². The van der Waals surface area contributed by atoms with E-state index in [2.05, 4.69) is 17.6 Å². The predicted molar refractivity (Wildman–Crippen MR) is 129 cm³/mol. The van der Waals surface area contributed by atoms with Gasteiger partial charge >= 0.3 is 0 Å². The Morgan fingerprint density at radius 1 is 1.10 bits per heavy atom. The van der Waals surface area contributed by atoms with Gasteiger partial charge in [-0.05, 0) is 55.7 Å². The number of methoxy groups -OCH3 is 2. The van der Waals surface area contributed by atoms with E-state index in [1.54, 1.807) is 14.2 Å². The average Bonchev–Trinajstić information content (AvgIpc) is 2.69. The lowest BCUT2D eigenvalue weighted by molar-refractivity contribution is 0.0778. The topological polar surface area (TPSA) is 64.1 Å². The molecule has 1 saturated carbocycles. The van der Waals surface area contributed by atoms with Crippen molar-refractivity contribution in [3.63, 3.8) is 0 Å². The van der Waals surface area contributed by atoms with Crippen LogP contribution >= 0.6 is 24.0 Å². The largest absolute Gasteiger partial charge is 0.497 e. The van der Waals surface area contributed by atoms with Gasteiger partial charge < -0.3 is 24.8 Å². The van der Waals surface area contributed by atoms with Crippen molar-refractivity contribution in [3.8, 4) is 5.75 Å². The molecule has 0 saturated heterocycles. The molecule has 29 heavy (non-hydrogen) atoms. The highest BCUT2D eigenvalue weighted by atomic mass is 127. The van der Waals surface area contributed by atoms with Gasteiger partial charge in [0.1, 0.15) is 5.75 Å². The summed E-state index contributed by atoms with van der Waals surface area (Å²) in [7, 11) is 3.45. The van der Waals surface area contributed by atoms with Gasteiger partial charge in [0.05, 0.1) is 13.7 Å². The van der Waals surface area contributed by atoms with Crippen molar-refractivity contribution < 1.29 is 14.2 Å². The summed E-state index contributed by atoms with van der Waals surface area (Å²) in [6, 6.07) is 7.99. The molecule has 1 aromatic carbocycles. The monoisotopic (exact) mass is 519 g/mol. The molecule has 0 spiro atoms. The van der Waals surface area contributed by atoms with Gasteiger partial charge in [-0.25, -0.2) is 0 Å². The molecule has 6 nitrogen and oxygen atoms in total. The first-order valence-corrected chi connectivity index (χ1v) is 10.4. The van der Waals surface area contributed by atoms with E-state index < -0.39 is 0 Å². The van der Waals surface area contributed by atoms with Crippen LogP contribution in [0.25, 0.3) is 0 Å². The molecule has 1 aliphatic rings. The summed E-state index contributed by atoms with van der Waals surface area (Å²) in [5, 5.41) is 6.76. The van der Waals surface area contributed by atoms with Crippen LogP contribution < -0.4 is 15.4 Å². The molecule has 7 heteroatoms. The lowest BCUT2D eigenvalue weighted by Gasteiger charge is -2.40. The minimum atomic E-state index is 0. The second-order valence-corrected chi connectivity index (χ2v) is 7.47. The van der Waals surface area contributed by atoms with Crippen LogP contribution in [0.3, 0.4) is 0 Å². The molecule has 0 unspecified atom stereocenters. The van der Waals surface area contributed by atoms with Crippen molar-refractivity contribution in [1.82, 2.24) is 10.6 Å². The SMILES string of the molecule is CCNC(=NCC1(CCOC)CCC1)NCCCOCc1ccc(OC)cc1.I. The Balaban J connectivity index is 0.00000420. The predicted octanol–water partition coefficient (Wildman–Crippen LogP) is 3.98. The minimum absolute atomic E-state index is 0. The maximum atomic E-state index is 5.77. The van der Waals surface area contributed by atoms with Crippen LogP contribution in [-0.4, -0.2) is 53.0 Å². The van der Waals surface area contributed by atoms with Crippen LogP contribution in [0.2, 0.25) is 0 Å². The summed E-state index contributed by atoms with van der Waals surface area (Å²) < 4.78 is 16.2. The Bertz CT molecular complexity index is 577. The van der Waals surface area contributed by atoms with Gasteiger partial charge in [0, 0.05) is 40.0 Å². The van der Waals surface area contributed by atoms with Gasteiger partial charge in [-0.3, -0.25) is 4.99 Å². The lowest BCUT2D eigenvalue weighted by Crippen LogP contribution is -2.40. The third-order valence-corrected chi connectivity index (χ3v) is 5.35. The van der Waals surface area contributed by atoms with Crippen LogP contribution in [0.1, 0.15) is 44.6 Å². The smallest absolute Gasteiger partial charge is 0.191 e. The fraction of sp³-hybridized carbons (Fsp3) is 0.682. The Hall–Kier alpha value is -1.06. The normalized spacial score (nSPS) is 15.2. The van der Waals surface area contributed by atoms with E-state index in [1.165, 1.54) is 19.3 Å². The summed E-state index contributed by atoms with van der Waals surface area (Å²) in [6.07, 6.45) is 5.88. The standard InChI is InChI=1S/C22H37N3O3.HI/c1-4-23-21(25-18-22(11-5-12-22)13-16-26-2)24-14-6-15-28-17-19-7-9-20(27-3)10-8-19;/h7-10H,4-6,11-18H2,1-3H3,(H2,23,24,25);1H. The molecule has 0 heterocycles. The summed E-state index contributed by atoms with van der Waals surface area (Å²) in [6.45, 7) is 6.85. The number of nitrogens with zero attached hydrogens (tertiary/aromatic N) is 1. The Morgan fingerprint density at radius 2 is 1.86 bits per heavy atom. The van der Waals surface area contributed by atoms with Crippen molar-refractivity contribution in [3.05, 3.63) is 29.8 Å². The fourth-order valence-corrected chi connectivity index (χ4v) is 3.36. The second kappa shape index (κ2) is 14.8. The molecule has 166 valence electrons. The van der Waals surface area contributed by atoms with Crippen LogP contribution in [0.4, 0.5) is 0 Å². The molecule has 1 aliphatic carbocycles.